The predicted molar refractivity (Wildman–Crippen MR) is 109 cm³/mol. The fourth-order valence-electron chi connectivity index (χ4n) is 2.38. The number of nitrogens with zero attached hydrogens (tertiary/aromatic N) is 2. The first kappa shape index (κ1) is 25.4. The Bertz CT molecular complexity index is 695. The summed E-state index contributed by atoms with van der Waals surface area (Å²) >= 11 is 6.08. The average molecular weight is 448 g/mol. The molecular weight excluding hydrogens is 423 g/mol. The van der Waals surface area contributed by atoms with E-state index >= 15 is 0 Å². The Balaban J connectivity index is 0.00000312. The van der Waals surface area contributed by atoms with E-state index in [4.69, 9.17) is 11.6 Å². The molecule has 0 aliphatic carbocycles. The molecular formula is C15H25Cl3N4O3S. The van der Waals surface area contributed by atoms with E-state index in [0.717, 1.165) is 30.5 Å². The molecule has 0 unspecified atom stereocenters. The molecule has 1 amide bonds. The third-order valence-corrected chi connectivity index (χ3v) is 6.00. The maximum atomic E-state index is 12.2. The number of hydrogen-bond donors (Lipinski definition) is 2. The molecule has 1 heterocycles. The van der Waals surface area contributed by atoms with Gasteiger partial charge in [0.25, 0.3) is 0 Å². The molecule has 0 atom stereocenters. The molecule has 1 aromatic rings. The molecule has 1 fully saturated rings. The van der Waals surface area contributed by atoms with E-state index < -0.39 is 10.0 Å². The van der Waals surface area contributed by atoms with Gasteiger partial charge in [-0.25, -0.2) is 12.7 Å². The fraction of sp³-hybridized carbons (Fsp3) is 0.533. The van der Waals surface area contributed by atoms with Crippen LogP contribution in [-0.4, -0.2) is 70.3 Å². The first-order chi connectivity index (χ1) is 11.3. The number of benzene rings is 1. The van der Waals surface area contributed by atoms with Gasteiger partial charge in [-0.1, -0.05) is 11.6 Å². The van der Waals surface area contributed by atoms with Crippen molar-refractivity contribution in [2.24, 2.45) is 0 Å². The Morgan fingerprint density at radius 1 is 1.27 bits per heavy atom. The molecule has 0 bridgehead atoms. The molecule has 0 saturated carbocycles. The van der Waals surface area contributed by atoms with Gasteiger partial charge in [0.05, 0.1) is 15.6 Å². The van der Waals surface area contributed by atoms with Gasteiger partial charge < -0.3 is 15.5 Å². The van der Waals surface area contributed by atoms with Crippen molar-refractivity contribution in [3.05, 3.63) is 23.2 Å². The van der Waals surface area contributed by atoms with Crippen molar-refractivity contribution in [1.82, 2.24) is 14.5 Å². The Hall–Kier alpha value is -0.610. The minimum absolute atomic E-state index is 0. The number of sulfonamides is 1. The maximum Gasteiger partial charge on any atom is 0.242 e. The second-order valence-electron chi connectivity index (χ2n) is 5.82. The molecule has 26 heavy (non-hydrogen) atoms. The van der Waals surface area contributed by atoms with Gasteiger partial charge in [-0.3, -0.25) is 4.79 Å². The predicted octanol–water partition coefficient (Wildman–Crippen LogP) is 1.67. The highest BCUT2D eigenvalue weighted by Crippen LogP contribution is 2.26. The molecule has 1 aromatic carbocycles. The van der Waals surface area contributed by atoms with Crippen LogP contribution in [0.15, 0.2) is 23.1 Å². The molecule has 0 aromatic heterocycles. The highest BCUT2D eigenvalue weighted by atomic mass is 35.5. The van der Waals surface area contributed by atoms with Crippen LogP contribution < -0.4 is 10.6 Å². The van der Waals surface area contributed by atoms with Crippen LogP contribution in [0, 0.1) is 0 Å². The van der Waals surface area contributed by atoms with Crippen molar-refractivity contribution in [1.29, 1.82) is 0 Å². The van der Waals surface area contributed by atoms with Crippen molar-refractivity contribution in [3.63, 3.8) is 0 Å². The summed E-state index contributed by atoms with van der Waals surface area (Å²) in [4.78, 5) is 14.4. The molecule has 1 aliphatic heterocycles. The summed E-state index contributed by atoms with van der Waals surface area (Å²) in [5.74, 6) is -0.185. The monoisotopic (exact) mass is 446 g/mol. The first-order valence-corrected chi connectivity index (χ1v) is 9.57. The zero-order valence-corrected chi connectivity index (χ0v) is 17.9. The van der Waals surface area contributed by atoms with Crippen molar-refractivity contribution in [2.75, 3.05) is 52.1 Å². The van der Waals surface area contributed by atoms with Crippen molar-refractivity contribution in [3.8, 4) is 0 Å². The van der Waals surface area contributed by atoms with Crippen LogP contribution in [-0.2, 0) is 14.8 Å². The lowest BCUT2D eigenvalue weighted by atomic mass is 10.3. The van der Waals surface area contributed by atoms with E-state index in [-0.39, 0.29) is 35.6 Å². The maximum absolute atomic E-state index is 12.2. The van der Waals surface area contributed by atoms with Crippen LogP contribution >= 0.6 is 36.4 Å². The Labute approximate surface area is 172 Å². The van der Waals surface area contributed by atoms with Crippen LogP contribution in [0.1, 0.15) is 6.42 Å². The minimum Gasteiger partial charge on any atom is -0.325 e. The Morgan fingerprint density at radius 2 is 1.88 bits per heavy atom. The molecule has 11 heteroatoms. The van der Waals surface area contributed by atoms with E-state index in [9.17, 15) is 13.2 Å². The van der Waals surface area contributed by atoms with Crippen LogP contribution in [0.2, 0.25) is 5.02 Å². The second-order valence-corrected chi connectivity index (χ2v) is 8.38. The fourth-order valence-corrected chi connectivity index (χ4v) is 3.47. The smallest absolute Gasteiger partial charge is 0.242 e. The van der Waals surface area contributed by atoms with Gasteiger partial charge in [-0.15, -0.1) is 24.8 Å². The normalized spacial score (nSPS) is 15.1. The van der Waals surface area contributed by atoms with Crippen LogP contribution in [0.3, 0.4) is 0 Å². The average Bonchev–Trinajstić information content (AvgIpc) is 2.55. The number of anilines is 1. The molecule has 1 aliphatic rings. The molecule has 7 nitrogen and oxygen atoms in total. The lowest BCUT2D eigenvalue weighted by Crippen LogP contribution is -2.44. The zero-order valence-electron chi connectivity index (χ0n) is 14.7. The van der Waals surface area contributed by atoms with E-state index in [0.29, 0.717) is 23.7 Å². The van der Waals surface area contributed by atoms with Crippen LogP contribution in [0.5, 0.6) is 0 Å². The Kier molecular flexibility index (Phi) is 11.0. The number of carbonyl (C=O) groups excluding carboxylic acids is 1. The SMILES string of the molecule is CN(C)S(=O)(=O)c1ccc(Cl)c(NC(=O)CCN2CCNCC2)c1.Cl.Cl. The zero-order chi connectivity index (χ0) is 17.7. The van der Waals surface area contributed by atoms with Crippen molar-refractivity contribution in [2.45, 2.75) is 11.3 Å². The van der Waals surface area contributed by atoms with Crippen LogP contribution in [0.4, 0.5) is 5.69 Å². The van der Waals surface area contributed by atoms with Gasteiger partial charge in [0.1, 0.15) is 0 Å². The van der Waals surface area contributed by atoms with E-state index in [1.54, 1.807) is 0 Å². The van der Waals surface area contributed by atoms with Gasteiger partial charge in [0.15, 0.2) is 0 Å². The summed E-state index contributed by atoms with van der Waals surface area (Å²) in [5.41, 5.74) is 0.310. The molecule has 0 radical (unpaired) electrons. The van der Waals surface area contributed by atoms with Gasteiger partial charge in [-0.2, -0.15) is 0 Å². The van der Waals surface area contributed by atoms with Gasteiger partial charge in [0, 0.05) is 53.2 Å². The number of rotatable bonds is 6. The molecule has 0 spiro atoms. The molecule has 1 saturated heterocycles. The largest absolute Gasteiger partial charge is 0.325 e. The summed E-state index contributed by atoms with van der Waals surface area (Å²) in [5, 5.41) is 6.27. The number of halogens is 3. The summed E-state index contributed by atoms with van der Waals surface area (Å²) < 4.78 is 25.5. The number of amides is 1. The lowest BCUT2D eigenvalue weighted by molar-refractivity contribution is -0.116. The third kappa shape index (κ3) is 6.84. The van der Waals surface area contributed by atoms with Crippen molar-refractivity contribution < 1.29 is 13.2 Å². The van der Waals surface area contributed by atoms with E-state index in [1.165, 1.54) is 32.3 Å². The molecule has 2 rings (SSSR count). The number of piperazine rings is 1. The lowest BCUT2D eigenvalue weighted by Gasteiger charge is -2.26. The number of nitrogens with one attached hydrogen (secondary N) is 2. The number of carbonyl (C=O) groups is 1. The first-order valence-electron chi connectivity index (χ1n) is 7.75. The summed E-state index contributed by atoms with van der Waals surface area (Å²) in [6.45, 7) is 4.37. The highest BCUT2D eigenvalue weighted by Gasteiger charge is 2.19. The molecule has 2 N–H and O–H groups in total. The Morgan fingerprint density at radius 3 is 2.46 bits per heavy atom. The standard InChI is InChI=1S/C15H23ClN4O3S.2ClH/c1-19(2)24(22,23)12-3-4-13(16)14(11-12)18-15(21)5-8-20-9-6-17-7-10-20;;/h3-4,11,17H,5-10H2,1-2H3,(H,18,21);2*1H. The van der Waals surface area contributed by atoms with E-state index in [2.05, 4.69) is 15.5 Å². The van der Waals surface area contributed by atoms with Crippen LogP contribution in [0.25, 0.3) is 0 Å². The van der Waals surface area contributed by atoms with E-state index in [1.807, 2.05) is 0 Å². The van der Waals surface area contributed by atoms with Gasteiger partial charge in [-0.05, 0) is 18.2 Å². The van der Waals surface area contributed by atoms with Crippen molar-refractivity contribution >= 4 is 58.0 Å². The van der Waals surface area contributed by atoms with Gasteiger partial charge in [0.2, 0.25) is 15.9 Å². The minimum atomic E-state index is -3.57. The van der Waals surface area contributed by atoms with Gasteiger partial charge >= 0.3 is 0 Å². The topological polar surface area (TPSA) is 81.8 Å². The quantitative estimate of drug-likeness (QED) is 0.693. The summed E-state index contributed by atoms with van der Waals surface area (Å²) in [7, 11) is -0.665. The third-order valence-electron chi connectivity index (χ3n) is 3.86. The molecule has 150 valence electrons. The summed E-state index contributed by atoms with van der Waals surface area (Å²) in [6, 6.07) is 4.29. The summed E-state index contributed by atoms with van der Waals surface area (Å²) in [6.07, 6.45) is 0.334. The number of hydrogen-bond acceptors (Lipinski definition) is 5. The highest BCUT2D eigenvalue weighted by molar-refractivity contribution is 7.89. The second kappa shape index (κ2) is 11.3.